The smallest absolute Gasteiger partial charge is 0.223 e. The molecular weight excluding hydrogens is 212 g/mol. The van der Waals surface area contributed by atoms with Crippen LogP contribution in [0.2, 0.25) is 0 Å². The first kappa shape index (κ1) is 12.1. The largest absolute Gasteiger partial charge is 0.352 e. The van der Waals surface area contributed by atoms with E-state index in [0.717, 1.165) is 24.3 Å². The van der Waals surface area contributed by atoms with E-state index >= 15 is 0 Å². The van der Waals surface area contributed by atoms with Crippen molar-refractivity contribution < 1.29 is 4.79 Å². The summed E-state index contributed by atoms with van der Waals surface area (Å²) in [4.78, 5) is 16.0. The molecule has 1 fully saturated rings. The molecular formula is C14H20N2O. The Bertz CT molecular complexity index is 356. The van der Waals surface area contributed by atoms with E-state index < -0.39 is 0 Å². The molecule has 0 radical (unpaired) electrons. The molecule has 2 rings (SSSR count). The van der Waals surface area contributed by atoms with E-state index in [1.165, 1.54) is 12.8 Å². The van der Waals surface area contributed by atoms with Crippen LogP contribution >= 0.6 is 0 Å². The van der Waals surface area contributed by atoms with E-state index in [0.29, 0.717) is 6.54 Å². The van der Waals surface area contributed by atoms with Gasteiger partial charge in [-0.2, -0.15) is 0 Å². The van der Waals surface area contributed by atoms with Crippen molar-refractivity contribution in [2.75, 3.05) is 0 Å². The van der Waals surface area contributed by atoms with Crippen LogP contribution in [-0.4, -0.2) is 10.9 Å². The second-order valence-electron chi connectivity index (χ2n) is 5.04. The maximum atomic E-state index is 11.9. The van der Waals surface area contributed by atoms with E-state index in [1.807, 2.05) is 12.1 Å². The predicted octanol–water partition coefficient (Wildman–Crippen LogP) is 2.52. The number of carbonyl (C=O) groups is 1. The number of rotatable bonds is 3. The minimum Gasteiger partial charge on any atom is -0.352 e. The minimum absolute atomic E-state index is 0.209. The molecule has 1 aromatic heterocycles. The van der Waals surface area contributed by atoms with Gasteiger partial charge in [0.2, 0.25) is 5.91 Å². The lowest BCUT2D eigenvalue weighted by Gasteiger charge is -2.25. The van der Waals surface area contributed by atoms with Crippen LogP contribution < -0.4 is 5.32 Å². The van der Waals surface area contributed by atoms with Gasteiger partial charge in [-0.3, -0.25) is 9.78 Å². The Balaban J connectivity index is 1.78. The van der Waals surface area contributed by atoms with Crippen molar-refractivity contribution >= 4 is 5.91 Å². The SMILES string of the molecule is CC1CCC(C(=O)NCc2cccnc2)CC1. The van der Waals surface area contributed by atoms with Gasteiger partial charge >= 0.3 is 0 Å². The zero-order valence-electron chi connectivity index (χ0n) is 10.4. The average molecular weight is 232 g/mol. The topological polar surface area (TPSA) is 42.0 Å². The third-order valence-corrected chi connectivity index (χ3v) is 3.58. The van der Waals surface area contributed by atoms with E-state index in [2.05, 4.69) is 17.2 Å². The van der Waals surface area contributed by atoms with Gasteiger partial charge in [-0.1, -0.05) is 13.0 Å². The van der Waals surface area contributed by atoms with Gasteiger partial charge in [0, 0.05) is 24.9 Å². The van der Waals surface area contributed by atoms with Crippen molar-refractivity contribution in [3.05, 3.63) is 30.1 Å². The number of hydrogen-bond donors (Lipinski definition) is 1. The van der Waals surface area contributed by atoms with Gasteiger partial charge in [0.15, 0.2) is 0 Å². The fourth-order valence-corrected chi connectivity index (χ4v) is 2.36. The molecule has 92 valence electrons. The molecule has 0 unspecified atom stereocenters. The minimum atomic E-state index is 0.209. The molecule has 0 bridgehead atoms. The third-order valence-electron chi connectivity index (χ3n) is 3.58. The molecule has 1 amide bonds. The number of nitrogens with one attached hydrogen (secondary N) is 1. The summed E-state index contributed by atoms with van der Waals surface area (Å²) >= 11 is 0. The van der Waals surface area contributed by atoms with Crippen molar-refractivity contribution in [1.29, 1.82) is 0 Å². The molecule has 3 heteroatoms. The monoisotopic (exact) mass is 232 g/mol. The van der Waals surface area contributed by atoms with E-state index in [1.54, 1.807) is 12.4 Å². The molecule has 0 atom stereocenters. The van der Waals surface area contributed by atoms with Crippen molar-refractivity contribution in [2.24, 2.45) is 11.8 Å². The van der Waals surface area contributed by atoms with Gasteiger partial charge in [-0.25, -0.2) is 0 Å². The van der Waals surface area contributed by atoms with Gasteiger partial charge in [0.05, 0.1) is 0 Å². The number of carbonyl (C=O) groups excluding carboxylic acids is 1. The Morgan fingerprint density at radius 3 is 2.82 bits per heavy atom. The van der Waals surface area contributed by atoms with Crippen LogP contribution in [0.5, 0.6) is 0 Å². The van der Waals surface area contributed by atoms with Crippen LogP contribution in [0.1, 0.15) is 38.2 Å². The maximum absolute atomic E-state index is 11.9. The van der Waals surface area contributed by atoms with Gasteiger partial charge in [0.25, 0.3) is 0 Å². The lowest BCUT2D eigenvalue weighted by molar-refractivity contribution is -0.126. The Hall–Kier alpha value is -1.38. The average Bonchev–Trinajstić information content (AvgIpc) is 2.38. The van der Waals surface area contributed by atoms with E-state index in [-0.39, 0.29) is 11.8 Å². The molecule has 0 aromatic carbocycles. The molecule has 1 aliphatic rings. The molecule has 1 aliphatic carbocycles. The Morgan fingerprint density at radius 2 is 2.18 bits per heavy atom. The van der Waals surface area contributed by atoms with Crippen LogP contribution in [0.4, 0.5) is 0 Å². The summed E-state index contributed by atoms with van der Waals surface area (Å²) in [5.41, 5.74) is 1.06. The highest BCUT2D eigenvalue weighted by atomic mass is 16.1. The zero-order valence-corrected chi connectivity index (χ0v) is 10.4. The third kappa shape index (κ3) is 3.55. The number of amides is 1. The molecule has 0 spiro atoms. The highest BCUT2D eigenvalue weighted by Gasteiger charge is 2.23. The van der Waals surface area contributed by atoms with Crippen LogP contribution in [0.25, 0.3) is 0 Å². The van der Waals surface area contributed by atoms with Gasteiger partial charge in [0.1, 0.15) is 0 Å². The lowest BCUT2D eigenvalue weighted by atomic mass is 9.82. The van der Waals surface area contributed by atoms with Crippen LogP contribution in [-0.2, 0) is 11.3 Å². The number of aromatic nitrogens is 1. The number of pyridine rings is 1. The second-order valence-corrected chi connectivity index (χ2v) is 5.04. The molecule has 0 aliphatic heterocycles. The number of hydrogen-bond acceptors (Lipinski definition) is 2. The molecule has 1 N–H and O–H groups in total. The molecule has 17 heavy (non-hydrogen) atoms. The molecule has 0 saturated heterocycles. The Kier molecular flexibility index (Phi) is 4.13. The van der Waals surface area contributed by atoms with Crippen molar-refractivity contribution in [3.8, 4) is 0 Å². The van der Waals surface area contributed by atoms with E-state index in [9.17, 15) is 4.79 Å². The second kappa shape index (κ2) is 5.80. The predicted molar refractivity (Wildman–Crippen MR) is 67.2 cm³/mol. The first-order chi connectivity index (χ1) is 8.25. The fourth-order valence-electron chi connectivity index (χ4n) is 2.36. The molecule has 1 saturated carbocycles. The zero-order chi connectivity index (χ0) is 12.1. The standard InChI is InChI=1S/C14H20N2O/c1-11-4-6-13(7-5-11)14(17)16-10-12-3-2-8-15-9-12/h2-3,8-9,11,13H,4-7,10H2,1H3,(H,16,17). The van der Waals surface area contributed by atoms with Crippen molar-refractivity contribution in [1.82, 2.24) is 10.3 Å². The summed E-state index contributed by atoms with van der Waals surface area (Å²) in [7, 11) is 0. The normalized spacial score (nSPS) is 24.3. The fraction of sp³-hybridized carbons (Fsp3) is 0.571. The summed E-state index contributed by atoms with van der Waals surface area (Å²) < 4.78 is 0. The van der Waals surface area contributed by atoms with Crippen LogP contribution in [0.15, 0.2) is 24.5 Å². The van der Waals surface area contributed by atoms with Crippen LogP contribution in [0, 0.1) is 11.8 Å². The molecule has 1 aromatic rings. The highest BCUT2D eigenvalue weighted by Crippen LogP contribution is 2.28. The van der Waals surface area contributed by atoms with Gasteiger partial charge in [-0.15, -0.1) is 0 Å². The quantitative estimate of drug-likeness (QED) is 0.870. The summed E-state index contributed by atoms with van der Waals surface area (Å²) in [6, 6.07) is 3.88. The van der Waals surface area contributed by atoms with Crippen LogP contribution in [0.3, 0.4) is 0 Å². The molecule has 1 heterocycles. The Labute approximate surface area is 103 Å². The van der Waals surface area contributed by atoms with Gasteiger partial charge in [-0.05, 0) is 43.2 Å². The summed E-state index contributed by atoms with van der Waals surface area (Å²) in [5, 5.41) is 3.00. The summed E-state index contributed by atoms with van der Waals surface area (Å²) in [6.45, 7) is 2.86. The Morgan fingerprint density at radius 1 is 1.41 bits per heavy atom. The van der Waals surface area contributed by atoms with Crippen molar-refractivity contribution in [2.45, 2.75) is 39.2 Å². The first-order valence-electron chi connectivity index (χ1n) is 6.42. The van der Waals surface area contributed by atoms with Crippen molar-refractivity contribution in [3.63, 3.8) is 0 Å². The lowest BCUT2D eigenvalue weighted by Crippen LogP contribution is -2.32. The maximum Gasteiger partial charge on any atom is 0.223 e. The first-order valence-corrected chi connectivity index (χ1v) is 6.42. The summed E-state index contributed by atoms with van der Waals surface area (Å²) in [5.74, 6) is 1.22. The number of nitrogens with zero attached hydrogens (tertiary/aromatic N) is 1. The summed E-state index contributed by atoms with van der Waals surface area (Å²) in [6.07, 6.45) is 7.99. The van der Waals surface area contributed by atoms with Gasteiger partial charge < -0.3 is 5.32 Å². The molecule has 3 nitrogen and oxygen atoms in total. The van der Waals surface area contributed by atoms with E-state index in [4.69, 9.17) is 0 Å². The highest BCUT2D eigenvalue weighted by molar-refractivity contribution is 5.78.